The van der Waals surface area contributed by atoms with E-state index in [1.807, 2.05) is 6.07 Å². The molecule has 0 aliphatic carbocycles. The Hall–Kier alpha value is -2.04. The molecule has 9 heteroatoms. The van der Waals surface area contributed by atoms with Crippen LogP contribution in [0, 0.1) is 0 Å². The standard InChI is InChI=1S/C22H33N5O3.HI/c1-6-23-22(24-9-7-20-25-21(15(2)3)26-30-20)27-10-8-16(14-27)17-11-18(28-4)13-19(12-17)29-5;/h11-13,15-16H,6-10,14H2,1-5H3,(H,23,24);1H. The third kappa shape index (κ3) is 6.72. The first-order valence-electron chi connectivity index (χ1n) is 10.6. The van der Waals surface area contributed by atoms with Crippen LogP contribution in [0.5, 0.6) is 11.5 Å². The molecule has 1 unspecified atom stereocenters. The third-order valence-electron chi connectivity index (χ3n) is 5.26. The Morgan fingerprint density at radius 1 is 1.26 bits per heavy atom. The van der Waals surface area contributed by atoms with Gasteiger partial charge < -0.3 is 24.2 Å². The molecule has 1 atom stereocenters. The Kier molecular flexibility index (Phi) is 9.86. The fraction of sp³-hybridized carbons (Fsp3) is 0.591. The molecule has 8 nitrogen and oxygen atoms in total. The summed E-state index contributed by atoms with van der Waals surface area (Å²) in [5.74, 6) is 4.63. The number of hydrogen-bond acceptors (Lipinski definition) is 6. The minimum atomic E-state index is 0. The van der Waals surface area contributed by atoms with Crippen LogP contribution in [-0.2, 0) is 6.42 Å². The zero-order valence-electron chi connectivity index (χ0n) is 19.1. The van der Waals surface area contributed by atoms with E-state index >= 15 is 0 Å². The van der Waals surface area contributed by atoms with Crippen molar-refractivity contribution in [2.45, 2.75) is 45.4 Å². The van der Waals surface area contributed by atoms with Crippen LogP contribution in [0.2, 0.25) is 0 Å². The Morgan fingerprint density at radius 3 is 2.55 bits per heavy atom. The van der Waals surface area contributed by atoms with Gasteiger partial charge in [-0.05, 0) is 31.0 Å². The molecule has 1 aliphatic rings. The third-order valence-corrected chi connectivity index (χ3v) is 5.26. The lowest BCUT2D eigenvalue weighted by Gasteiger charge is -2.22. The Balaban J connectivity index is 0.00000341. The van der Waals surface area contributed by atoms with Gasteiger partial charge in [-0.15, -0.1) is 24.0 Å². The first-order chi connectivity index (χ1) is 14.5. The molecular weight excluding hydrogens is 509 g/mol. The number of hydrogen-bond donors (Lipinski definition) is 1. The molecule has 0 amide bonds. The van der Waals surface area contributed by atoms with Crippen molar-refractivity contribution in [3.63, 3.8) is 0 Å². The number of benzene rings is 1. The molecule has 31 heavy (non-hydrogen) atoms. The maximum Gasteiger partial charge on any atom is 0.228 e. The molecule has 0 bridgehead atoms. The minimum Gasteiger partial charge on any atom is -0.497 e. The smallest absolute Gasteiger partial charge is 0.228 e. The molecule has 2 aromatic rings. The number of nitrogens with zero attached hydrogens (tertiary/aromatic N) is 4. The molecule has 1 fully saturated rings. The van der Waals surface area contributed by atoms with Crippen molar-refractivity contribution in [3.05, 3.63) is 35.5 Å². The van der Waals surface area contributed by atoms with E-state index in [0.29, 0.717) is 24.8 Å². The van der Waals surface area contributed by atoms with Gasteiger partial charge in [0.25, 0.3) is 0 Å². The molecule has 1 aliphatic heterocycles. The van der Waals surface area contributed by atoms with Crippen LogP contribution < -0.4 is 14.8 Å². The second-order valence-electron chi connectivity index (χ2n) is 7.76. The van der Waals surface area contributed by atoms with Gasteiger partial charge in [-0.1, -0.05) is 19.0 Å². The lowest BCUT2D eigenvalue weighted by molar-refractivity contribution is 0.372. The number of likely N-dealkylation sites (tertiary alicyclic amines) is 1. The summed E-state index contributed by atoms with van der Waals surface area (Å²) in [4.78, 5) is 11.5. The largest absolute Gasteiger partial charge is 0.497 e. The Bertz CT molecular complexity index is 833. The number of rotatable bonds is 8. The molecule has 0 spiro atoms. The second kappa shape index (κ2) is 12.1. The van der Waals surface area contributed by atoms with Crippen LogP contribution in [0.3, 0.4) is 0 Å². The summed E-state index contributed by atoms with van der Waals surface area (Å²) in [6.45, 7) is 9.48. The van der Waals surface area contributed by atoms with E-state index in [0.717, 1.165) is 49.3 Å². The molecule has 3 rings (SSSR count). The highest BCUT2D eigenvalue weighted by Gasteiger charge is 2.27. The molecular formula is C22H34IN5O3. The number of halogens is 1. The number of nitrogens with one attached hydrogen (secondary N) is 1. The van der Waals surface area contributed by atoms with Crippen molar-refractivity contribution in [2.24, 2.45) is 4.99 Å². The number of ether oxygens (including phenoxy) is 2. The van der Waals surface area contributed by atoms with E-state index in [2.05, 4.69) is 53.3 Å². The van der Waals surface area contributed by atoms with Crippen LogP contribution in [0.1, 0.15) is 56.3 Å². The monoisotopic (exact) mass is 543 g/mol. The fourth-order valence-electron chi connectivity index (χ4n) is 3.58. The van der Waals surface area contributed by atoms with E-state index in [1.54, 1.807) is 14.2 Å². The highest BCUT2D eigenvalue weighted by Crippen LogP contribution is 2.32. The van der Waals surface area contributed by atoms with Gasteiger partial charge in [0.2, 0.25) is 5.89 Å². The lowest BCUT2D eigenvalue weighted by Crippen LogP contribution is -2.40. The van der Waals surface area contributed by atoms with E-state index in [-0.39, 0.29) is 29.9 Å². The molecule has 172 valence electrons. The van der Waals surface area contributed by atoms with Gasteiger partial charge in [0, 0.05) is 44.0 Å². The summed E-state index contributed by atoms with van der Waals surface area (Å²) in [7, 11) is 3.37. The summed E-state index contributed by atoms with van der Waals surface area (Å²) in [5, 5.41) is 7.43. The van der Waals surface area contributed by atoms with E-state index in [9.17, 15) is 0 Å². The Labute approximate surface area is 201 Å². The normalized spacial score (nSPS) is 16.4. The van der Waals surface area contributed by atoms with Gasteiger partial charge >= 0.3 is 0 Å². The number of methoxy groups -OCH3 is 2. The first kappa shape index (κ1) is 25.2. The number of aromatic nitrogens is 2. The van der Waals surface area contributed by atoms with Crippen LogP contribution in [0.4, 0.5) is 0 Å². The summed E-state index contributed by atoms with van der Waals surface area (Å²) in [6.07, 6.45) is 1.70. The van der Waals surface area contributed by atoms with Gasteiger partial charge in [-0.2, -0.15) is 4.98 Å². The van der Waals surface area contributed by atoms with Gasteiger partial charge in [0.1, 0.15) is 11.5 Å². The summed E-state index contributed by atoms with van der Waals surface area (Å²) < 4.78 is 16.2. The van der Waals surface area contributed by atoms with Crippen molar-refractivity contribution in [3.8, 4) is 11.5 Å². The summed E-state index contributed by atoms with van der Waals surface area (Å²) in [5.41, 5.74) is 1.23. The molecule has 1 N–H and O–H groups in total. The van der Waals surface area contributed by atoms with Gasteiger partial charge in [-0.25, -0.2) is 0 Å². The van der Waals surface area contributed by atoms with Gasteiger partial charge in [0.15, 0.2) is 11.8 Å². The number of guanidine groups is 1. The maximum atomic E-state index is 5.43. The van der Waals surface area contributed by atoms with Crippen LogP contribution >= 0.6 is 24.0 Å². The van der Waals surface area contributed by atoms with Gasteiger partial charge in [-0.3, -0.25) is 4.99 Å². The van der Waals surface area contributed by atoms with E-state index in [1.165, 1.54) is 5.56 Å². The quantitative estimate of drug-likeness (QED) is 0.308. The predicted octanol–water partition coefficient (Wildman–Crippen LogP) is 3.83. The van der Waals surface area contributed by atoms with Crippen molar-refractivity contribution in [1.29, 1.82) is 0 Å². The molecule has 0 saturated carbocycles. The van der Waals surface area contributed by atoms with Crippen molar-refractivity contribution in [1.82, 2.24) is 20.4 Å². The molecule has 1 saturated heterocycles. The van der Waals surface area contributed by atoms with E-state index < -0.39 is 0 Å². The highest BCUT2D eigenvalue weighted by molar-refractivity contribution is 14.0. The summed E-state index contributed by atoms with van der Waals surface area (Å²) in [6, 6.07) is 6.11. The van der Waals surface area contributed by atoms with Crippen LogP contribution in [0.15, 0.2) is 27.7 Å². The average Bonchev–Trinajstić information content (AvgIpc) is 3.43. The summed E-state index contributed by atoms with van der Waals surface area (Å²) >= 11 is 0. The molecule has 2 heterocycles. The lowest BCUT2D eigenvalue weighted by atomic mass is 9.98. The average molecular weight is 543 g/mol. The zero-order valence-corrected chi connectivity index (χ0v) is 21.4. The topological polar surface area (TPSA) is 85.0 Å². The first-order valence-corrected chi connectivity index (χ1v) is 10.6. The van der Waals surface area contributed by atoms with Crippen molar-refractivity contribution >= 4 is 29.9 Å². The zero-order chi connectivity index (χ0) is 21.5. The molecule has 0 radical (unpaired) electrons. The second-order valence-corrected chi connectivity index (χ2v) is 7.76. The molecule has 1 aromatic heterocycles. The number of aliphatic imine (C=N–C) groups is 1. The van der Waals surface area contributed by atoms with E-state index in [4.69, 9.17) is 19.0 Å². The fourth-order valence-corrected chi connectivity index (χ4v) is 3.58. The SMILES string of the molecule is CCNC(=NCCc1nc(C(C)C)no1)N1CCC(c2cc(OC)cc(OC)c2)C1.I. The van der Waals surface area contributed by atoms with Crippen molar-refractivity contribution in [2.75, 3.05) is 40.4 Å². The maximum absolute atomic E-state index is 5.43. The van der Waals surface area contributed by atoms with Crippen LogP contribution in [-0.4, -0.2) is 61.4 Å². The van der Waals surface area contributed by atoms with Gasteiger partial charge in [0.05, 0.1) is 20.8 Å². The molecule has 1 aromatic carbocycles. The highest BCUT2D eigenvalue weighted by atomic mass is 127. The Morgan fingerprint density at radius 2 is 1.97 bits per heavy atom. The van der Waals surface area contributed by atoms with Crippen molar-refractivity contribution < 1.29 is 14.0 Å². The predicted molar refractivity (Wildman–Crippen MR) is 132 cm³/mol. The van der Waals surface area contributed by atoms with Crippen LogP contribution in [0.25, 0.3) is 0 Å². The minimum absolute atomic E-state index is 0.